The number of hydrogen-bond acceptors (Lipinski definition) is 3. The van der Waals surface area contributed by atoms with Gasteiger partial charge in [0.25, 0.3) is 5.91 Å². The summed E-state index contributed by atoms with van der Waals surface area (Å²) in [5, 5.41) is 13.9. The van der Waals surface area contributed by atoms with Gasteiger partial charge in [0.05, 0.1) is 22.9 Å². The van der Waals surface area contributed by atoms with Crippen LogP contribution in [0.3, 0.4) is 0 Å². The van der Waals surface area contributed by atoms with Crippen LogP contribution in [0.5, 0.6) is 0 Å². The zero-order chi connectivity index (χ0) is 22.0. The molecule has 3 aromatic rings. The van der Waals surface area contributed by atoms with Gasteiger partial charge in [0.2, 0.25) is 0 Å². The Bertz CT molecular complexity index is 1080. The molecule has 0 radical (unpaired) electrons. The van der Waals surface area contributed by atoms with Crippen molar-refractivity contribution in [1.82, 2.24) is 14.9 Å². The summed E-state index contributed by atoms with van der Waals surface area (Å²) >= 11 is 9.99. The average molecular weight is 503 g/mol. The fourth-order valence-electron chi connectivity index (χ4n) is 4.17. The summed E-state index contributed by atoms with van der Waals surface area (Å²) in [6.45, 7) is 2.01. The zero-order valence-electron chi connectivity index (χ0n) is 17.3. The van der Waals surface area contributed by atoms with Crippen LogP contribution < -0.4 is 5.32 Å². The Morgan fingerprint density at radius 2 is 1.90 bits per heavy atom. The van der Waals surface area contributed by atoms with E-state index in [2.05, 4.69) is 21.2 Å². The third-order valence-electron chi connectivity index (χ3n) is 5.77. The van der Waals surface area contributed by atoms with Crippen molar-refractivity contribution in [1.29, 1.82) is 0 Å². The standard InChI is InChI=1S/C24H25BrClN3O2/c1-2-20-22(24(31)27-19-9-5-6-10-21(19)30)28-23(17-7-3-4-8-18(17)26)29(20)16-13-11-15(25)12-14-16/h3-4,7-8,11-14,19,21,30H,2,5-6,9-10H2,1H3,(H,27,31)/t19-,21+/m0/s1. The predicted octanol–water partition coefficient (Wildman–Crippen LogP) is 5.55. The summed E-state index contributed by atoms with van der Waals surface area (Å²) in [6, 6.07) is 15.2. The molecule has 2 aromatic carbocycles. The summed E-state index contributed by atoms with van der Waals surface area (Å²) in [7, 11) is 0. The van der Waals surface area contributed by atoms with Gasteiger partial charge in [0, 0.05) is 15.7 Å². The maximum Gasteiger partial charge on any atom is 0.272 e. The van der Waals surface area contributed by atoms with E-state index in [0.717, 1.165) is 40.7 Å². The van der Waals surface area contributed by atoms with E-state index >= 15 is 0 Å². The van der Waals surface area contributed by atoms with Gasteiger partial charge in [0.15, 0.2) is 0 Å². The van der Waals surface area contributed by atoms with Crippen LogP contribution in [0.1, 0.15) is 48.8 Å². The molecule has 1 amide bonds. The molecule has 4 rings (SSSR count). The number of nitrogens with zero attached hydrogens (tertiary/aromatic N) is 2. The molecule has 1 heterocycles. The molecule has 7 heteroatoms. The highest BCUT2D eigenvalue weighted by atomic mass is 79.9. The van der Waals surface area contributed by atoms with E-state index in [4.69, 9.17) is 16.6 Å². The van der Waals surface area contributed by atoms with Gasteiger partial charge in [-0.3, -0.25) is 9.36 Å². The van der Waals surface area contributed by atoms with Crippen LogP contribution in [-0.2, 0) is 6.42 Å². The summed E-state index contributed by atoms with van der Waals surface area (Å²) in [5.74, 6) is 0.367. The minimum Gasteiger partial charge on any atom is -0.391 e. The number of aromatic nitrogens is 2. The van der Waals surface area contributed by atoms with Crippen molar-refractivity contribution in [2.45, 2.75) is 51.2 Å². The Labute approximate surface area is 195 Å². The van der Waals surface area contributed by atoms with E-state index in [-0.39, 0.29) is 11.9 Å². The summed E-state index contributed by atoms with van der Waals surface area (Å²) in [4.78, 5) is 18.0. The van der Waals surface area contributed by atoms with E-state index in [1.165, 1.54) is 0 Å². The molecule has 31 heavy (non-hydrogen) atoms. The molecule has 2 atom stereocenters. The molecule has 162 valence electrons. The van der Waals surface area contributed by atoms with Crippen LogP contribution in [0, 0.1) is 0 Å². The monoisotopic (exact) mass is 501 g/mol. The topological polar surface area (TPSA) is 67.2 Å². The number of carbonyl (C=O) groups is 1. The summed E-state index contributed by atoms with van der Waals surface area (Å²) in [6.07, 6.45) is 3.58. The number of halogens is 2. The predicted molar refractivity (Wildman–Crippen MR) is 127 cm³/mol. The molecule has 1 fully saturated rings. The van der Waals surface area contributed by atoms with Gasteiger partial charge in [-0.25, -0.2) is 4.98 Å². The number of benzene rings is 2. The molecule has 0 bridgehead atoms. The Hall–Kier alpha value is -2.15. The zero-order valence-corrected chi connectivity index (χ0v) is 19.7. The molecular weight excluding hydrogens is 478 g/mol. The second kappa shape index (κ2) is 9.55. The minimum atomic E-state index is -0.514. The number of imidazole rings is 1. The molecule has 1 saturated carbocycles. The quantitative estimate of drug-likeness (QED) is 0.481. The smallest absolute Gasteiger partial charge is 0.272 e. The second-order valence-corrected chi connectivity index (χ2v) is 9.13. The molecule has 0 aliphatic heterocycles. The molecule has 0 unspecified atom stereocenters. The van der Waals surface area contributed by atoms with Crippen LogP contribution in [0.25, 0.3) is 17.1 Å². The van der Waals surface area contributed by atoms with Gasteiger partial charge >= 0.3 is 0 Å². The molecular formula is C24H25BrClN3O2. The Morgan fingerprint density at radius 3 is 2.58 bits per heavy atom. The molecule has 1 aromatic heterocycles. The van der Waals surface area contributed by atoms with Crippen LogP contribution >= 0.6 is 27.5 Å². The van der Waals surface area contributed by atoms with Gasteiger partial charge in [0.1, 0.15) is 11.5 Å². The van der Waals surface area contributed by atoms with Gasteiger partial charge in [-0.15, -0.1) is 0 Å². The first-order valence-electron chi connectivity index (χ1n) is 10.6. The highest BCUT2D eigenvalue weighted by molar-refractivity contribution is 9.10. The fourth-order valence-corrected chi connectivity index (χ4v) is 4.65. The fraction of sp³-hybridized carbons (Fsp3) is 0.333. The lowest BCUT2D eigenvalue weighted by molar-refractivity contribution is 0.0713. The van der Waals surface area contributed by atoms with E-state index in [1.54, 1.807) is 0 Å². The first kappa shape index (κ1) is 22.1. The summed E-state index contributed by atoms with van der Waals surface area (Å²) < 4.78 is 2.97. The van der Waals surface area contributed by atoms with Crippen molar-refractivity contribution in [3.63, 3.8) is 0 Å². The number of hydrogen-bond donors (Lipinski definition) is 2. The molecule has 0 spiro atoms. The third kappa shape index (κ3) is 4.56. The first-order valence-corrected chi connectivity index (χ1v) is 11.8. The van der Waals surface area contributed by atoms with Crippen molar-refractivity contribution < 1.29 is 9.90 Å². The molecule has 5 nitrogen and oxygen atoms in total. The van der Waals surface area contributed by atoms with E-state index in [0.29, 0.717) is 29.4 Å². The third-order valence-corrected chi connectivity index (χ3v) is 6.63. The van der Waals surface area contributed by atoms with E-state index in [9.17, 15) is 9.90 Å². The number of aliphatic hydroxyl groups is 1. The van der Waals surface area contributed by atoms with Crippen LogP contribution in [0.2, 0.25) is 5.02 Å². The summed E-state index contributed by atoms with van der Waals surface area (Å²) in [5.41, 5.74) is 2.84. The van der Waals surface area contributed by atoms with Gasteiger partial charge < -0.3 is 10.4 Å². The highest BCUT2D eigenvalue weighted by Gasteiger charge is 2.29. The Kier molecular flexibility index (Phi) is 6.80. The van der Waals surface area contributed by atoms with Crippen molar-refractivity contribution in [3.8, 4) is 17.1 Å². The number of rotatable bonds is 5. The lowest BCUT2D eigenvalue weighted by atomic mass is 9.92. The van der Waals surface area contributed by atoms with Crippen molar-refractivity contribution >= 4 is 33.4 Å². The highest BCUT2D eigenvalue weighted by Crippen LogP contribution is 2.32. The molecule has 0 saturated heterocycles. The van der Waals surface area contributed by atoms with Gasteiger partial charge in [-0.05, 0) is 55.7 Å². The van der Waals surface area contributed by atoms with Crippen LogP contribution in [0.15, 0.2) is 53.0 Å². The maximum atomic E-state index is 13.3. The Balaban J connectivity index is 1.82. The van der Waals surface area contributed by atoms with Crippen molar-refractivity contribution in [3.05, 3.63) is 69.4 Å². The number of nitrogens with one attached hydrogen (secondary N) is 1. The first-order chi connectivity index (χ1) is 15.0. The van der Waals surface area contributed by atoms with Crippen molar-refractivity contribution in [2.75, 3.05) is 0 Å². The number of amides is 1. The molecule has 1 aliphatic carbocycles. The lowest BCUT2D eigenvalue weighted by Crippen LogP contribution is -2.45. The lowest BCUT2D eigenvalue weighted by Gasteiger charge is -2.28. The molecule has 1 aliphatic rings. The largest absolute Gasteiger partial charge is 0.391 e. The van der Waals surface area contributed by atoms with Gasteiger partial charge in [-0.1, -0.05) is 59.4 Å². The van der Waals surface area contributed by atoms with E-state index < -0.39 is 6.10 Å². The normalized spacial score (nSPS) is 18.7. The number of carbonyl (C=O) groups excluding carboxylic acids is 1. The number of aliphatic hydroxyl groups excluding tert-OH is 1. The van der Waals surface area contributed by atoms with Crippen LogP contribution in [0.4, 0.5) is 0 Å². The average Bonchev–Trinajstić information content (AvgIpc) is 3.16. The Morgan fingerprint density at radius 1 is 1.19 bits per heavy atom. The van der Waals surface area contributed by atoms with Gasteiger partial charge in [-0.2, -0.15) is 0 Å². The minimum absolute atomic E-state index is 0.243. The van der Waals surface area contributed by atoms with Crippen LogP contribution in [-0.4, -0.2) is 32.7 Å². The van der Waals surface area contributed by atoms with E-state index in [1.807, 2.05) is 60.0 Å². The van der Waals surface area contributed by atoms with Crippen molar-refractivity contribution in [2.24, 2.45) is 0 Å². The molecule has 2 N–H and O–H groups in total. The second-order valence-electron chi connectivity index (χ2n) is 7.81. The maximum absolute atomic E-state index is 13.3. The SMILES string of the molecule is CCc1c(C(=O)N[C@H]2CCCC[C@H]2O)nc(-c2ccccc2Cl)n1-c1ccc(Br)cc1.